The lowest BCUT2D eigenvalue weighted by atomic mass is 9.83. The number of amides is 2. The van der Waals surface area contributed by atoms with Crippen LogP contribution in [0.25, 0.3) is 0 Å². The summed E-state index contributed by atoms with van der Waals surface area (Å²) in [6.45, 7) is 1.39. The first kappa shape index (κ1) is 23.0. The van der Waals surface area contributed by atoms with E-state index in [1.54, 1.807) is 0 Å². The molecule has 0 aromatic heterocycles. The minimum atomic E-state index is -1.06. The molecular formula is C18H22N6O8. The number of hydrogen-bond donors (Lipinski definition) is 1. The molecule has 2 N–H and O–H groups in total. The zero-order valence-corrected chi connectivity index (χ0v) is 17.1. The number of nitrogens with zero attached hydrogens (tertiary/aromatic N) is 5. The van der Waals surface area contributed by atoms with Crippen molar-refractivity contribution < 1.29 is 24.4 Å². The molecule has 2 aliphatic rings. The van der Waals surface area contributed by atoms with E-state index in [4.69, 9.17) is 5.73 Å². The summed E-state index contributed by atoms with van der Waals surface area (Å²) in [6, 6.07) is 1.07. The van der Waals surface area contributed by atoms with Gasteiger partial charge in [0.1, 0.15) is 5.54 Å². The molecule has 2 saturated heterocycles. The first-order valence-electron chi connectivity index (χ1n) is 10.0. The van der Waals surface area contributed by atoms with E-state index in [1.807, 2.05) is 4.90 Å². The number of primary amides is 1. The fourth-order valence-corrected chi connectivity index (χ4v) is 4.49. The molecule has 172 valence electrons. The van der Waals surface area contributed by atoms with Gasteiger partial charge in [-0.15, -0.1) is 0 Å². The van der Waals surface area contributed by atoms with E-state index < -0.39 is 54.7 Å². The van der Waals surface area contributed by atoms with Gasteiger partial charge in [-0.25, -0.2) is 0 Å². The maximum Gasteiger partial charge on any atom is 0.296 e. The van der Waals surface area contributed by atoms with Crippen LogP contribution in [0.15, 0.2) is 12.1 Å². The Morgan fingerprint density at radius 2 is 1.34 bits per heavy atom. The summed E-state index contributed by atoms with van der Waals surface area (Å²) in [5.41, 5.74) is 1.04. The fraction of sp³-hybridized carbons (Fsp3) is 0.556. The van der Waals surface area contributed by atoms with Crippen molar-refractivity contribution in [3.05, 3.63) is 48.0 Å². The Balaban J connectivity index is 1.93. The average molecular weight is 450 g/mol. The summed E-state index contributed by atoms with van der Waals surface area (Å²) < 4.78 is 0. The molecule has 1 aromatic carbocycles. The highest BCUT2D eigenvalue weighted by Crippen LogP contribution is 2.37. The molecule has 0 aliphatic carbocycles. The summed E-state index contributed by atoms with van der Waals surface area (Å²) in [5, 5.41) is 34.0. The summed E-state index contributed by atoms with van der Waals surface area (Å²) in [5.74, 6) is -1.51. The number of nitro benzene ring substituents is 3. The number of benzene rings is 1. The molecule has 14 nitrogen and oxygen atoms in total. The van der Waals surface area contributed by atoms with Crippen LogP contribution in [-0.4, -0.2) is 68.1 Å². The fourth-order valence-electron chi connectivity index (χ4n) is 4.49. The SMILES string of the molecule is NC(=O)C1(N2CCCCC2)CCN(C(=O)c2c([N+](=O)[O-])cc([N+](=O)[O-])cc2[N+](=O)[O-])CC1. The summed E-state index contributed by atoms with van der Waals surface area (Å²) in [4.78, 5) is 59.5. The minimum absolute atomic E-state index is 0.00354. The number of likely N-dealkylation sites (tertiary alicyclic amines) is 2. The standard InChI is InChI=1S/C18H22N6O8/c19-17(26)18(21-6-2-1-3-7-21)4-8-20(9-5-18)16(25)15-13(23(29)30)10-12(22(27)28)11-14(15)24(31)32/h10-11H,1-9H2,(H2,19,26). The number of carbonyl (C=O) groups excluding carboxylic acids is 2. The average Bonchev–Trinajstić information content (AvgIpc) is 2.78. The van der Waals surface area contributed by atoms with Gasteiger partial charge in [0, 0.05) is 13.1 Å². The van der Waals surface area contributed by atoms with Gasteiger partial charge in [-0.3, -0.25) is 44.8 Å². The monoisotopic (exact) mass is 450 g/mol. The number of rotatable bonds is 6. The third-order valence-corrected chi connectivity index (χ3v) is 6.20. The van der Waals surface area contributed by atoms with Gasteiger partial charge >= 0.3 is 0 Å². The number of non-ortho nitro benzene ring substituents is 1. The van der Waals surface area contributed by atoms with Crippen molar-refractivity contribution in [2.24, 2.45) is 5.73 Å². The second kappa shape index (κ2) is 8.82. The molecule has 2 heterocycles. The predicted octanol–water partition coefficient (Wildman–Crippen LogP) is 1.36. The van der Waals surface area contributed by atoms with Crippen LogP contribution in [-0.2, 0) is 4.79 Å². The van der Waals surface area contributed by atoms with Gasteiger partial charge in [0.25, 0.3) is 23.0 Å². The van der Waals surface area contributed by atoms with Crippen LogP contribution in [0.1, 0.15) is 42.5 Å². The highest BCUT2D eigenvalue weighted by molar-refractivity contribution is 6.03. The summed E-state index contributed by atoms with van der Waals surface area (Å²) in [6.07, 6.45) is 3.24. The largest absolute Gasteiger partial charge is 0.368 e. The smallest absolute Gasteiger partial charge is 0.296 e. The van der Waals surface area contributed by atoms with Crippen molar-refractivity contribution in [1.29, 1.82) is 0 Å². The van der Waals surface area contributed by atoms with Crippen LogP contribution in [0.3, 0.4) is 0 Å². The highest BCUT2D eigenvalue weighted by Gasteiger charge is 2.47. The van der Waals surface area contributed by atoms with Crippen LogP contribution in [0.4, 0.5) is 17.1 Å². The molecule has 0 bridgehead atoms. The van der Waals surface area contributed by atoms with Crippen LogP contribution >= 0.6 is 0 Å². The number of piperidine rings is 2. The molecule has 0 saturated carbocycles. The van der Waals surface area contributed by atoms with Crippen LogP contribution in [0, 0.1) is 30.3 Å². The number of carbonyl (C=O) groups is 2. The third-order valence-electron chi connectivity index (χ3n) is 6.20. The Bertz CT molecular complexity index is 947. The van der Waals surface area contributed by atoms with E-state index in [-0.39, 0.29) is 25.9 Å². The lowest BCUT2D eigenvalue weighted by Gasteiger charge is -2.48. The van der Waals surface area contributed by atoms with E-state index in [9.17, 15) is 39.9 Å². The zero-order chi connectivity index (χ0) is 23.6. The van der Waals surface area contributed by atoms with Gasteiger partial charge < -0.3 is 10.6 Å². The van der Waals surface area contributed by atoms with E-state index in [0.717, 1.165) is 19.3 Å². The molecular weight excluding hydrogens is 428 g/mol. The molecule has 32 heavy (non-hydrogen) atoms. The molecule has 0 radical (unpaired) electrons. The van der Waals surface area contributed by atoms with Crippen molar-refractivity contribution >= 4 is 28.9 Å². The quantitative estimate of drug-likeness (QED) is 0.491. The Hall–Kier alpha value is -3.68. The molecule has 2 fully saturated rings. The molecule has 0 spiro atoms. The van der Waals surface area contributed by atoms with Gasteiger partial charge in [-0.2, -0.15) is 0 Å². The van der Waals surface area contributed by atoms with Gasteiger partial charge in [-0.1, -0.05) is 6.42 Å². The molecule has 2 aliphatic heterocycles. The first-order valence-corrected chi connectivity index (χ1v) is 10.0. The third kappa shape index (κ3) is 4.08. The Kier molecular flexibility index (Phi) is 6.34. The summed E-state index contributed by atoms with van der Waals surface area (Å²) >= 11 is 0. The van der Waals surface area contributed by atoms with Crippen LogP contribution < -0.4 is 5.73 Å². The number of nitro groups is 3. The maximum absolute atomic E-state index is 13.1. The van der Waals surface area contributed by atoms with Crippen LogP contribution in [0.5, 0.6) is 0 Å². The van der Waals surface area contributed by atoms with E-state index >= 15 is 0 Å². The van der Waals surface area contributed by atoms with Crippen molar-refractivity contribution in [3.8, 4) is 0 Å². The van der Waals surface area contributed by atoms with E-state index in [0.29, 0.717) is 25.2 Å². The highest BCUT2D eigenvalue weighted by atomic mass is 16.6. The molecule has 1 aromatic rings. The molecule has 3 rings (SSSR count). The zero-order valence-electron chi connectivity index (χ0n) is 17.1. The van der Waals surface area contributed by atoms with E-state index in [1.165, 1.54) is 4.90 Å². The predicted molar refractivity (Wildman–Crippen MR) is 109 cm³/mol. The van der Waals surface area contributed by atoms with Gasteiger partial charge in [-0.05, 0) is 38.8 Å². The lowest BCUT2D eigenvalue weighted by molar-refractivity contribution is -0.403. The Morgan fingerprint density at radius 3 is 1.75 bits per heavy atom. The lowest BCUT2D eigenvalue weighted by Crippen LogP contribution is -2.63. The van der Waals surface area contributed by atoms with Crippen LogP contribution in [0.2, 0.25) is 0 Å². The second-order valence-corrected chi connectivity index (χ2v) is 7.87. The molecule has 2 amide bonds. The van der Waals surface area contributed by atoms with Gasteiger partial charge in [0.2, 0.25) is 5.91 Å². The van der Waals surface area contributed by atoms with Crippen molar-refractivity contribution in [2.75, 3.05) is 26.2 Å². The molecule has 0 atom stereocenters. The number of nitrogens with two attached hydrogens (primary N) is 1. The maximum atomic E-state index is 13.1. The molecule has 0 unspecified atom stereocenters. The topological polar surface area (TPSA) is 196 Å². The van der Waals surface area contributed by atoms with Gasteiger partial charge in [0.05, 0.1) is 26.9 Å². The molecule has 14 heteroatoms. The van der Waals surface area contributed by atoms with E-state index in [2.05, 4.69) is 0 Å². The van der Waals surface area contributed by atoms with Crippen molar-refractivity contribution in [1.82, 2.24) is 9.80 Å². The Morgan fingerprint density at radius 1 is 0.844 bits per heavy atom. The Labute approximate surface area is 181 Å². The first-order chi connectivity index (χ1) is 15.1. The number of hydrogen-bond acceptors (Lipinski definition) is 9. The second-order valence-electron chi connectivity index (χ2n) is 7.87. The summed E-state index contributed by atoms with van der Waals surface area (Å²) in [7, 11) is 0. The van der Waals surface area contributed by atoms with Crippen molar-refractivity contribution in [3.63, 3.8) is 0 Å². The normalized spacial score (nSPS) is 18.7. The van der Waals surface area contributed by atoms with Crippen molar-refractivity contribution in [2.45, 2.75) is 37.6 Å². The minimum Gasteiger partial charge on any atom is -0.368 e. The van der Waals surface area contributed by atoms with Gasteiger partial charge in [0.15, 0.2) is 5.56 Å².